The van der Waals surface area contributed by atoms with E-state index >= 15 is 4.20 Å². The summed E-state index contributed by atoms with van der Waals surface area (Å²) in [7, 11) is 0. The van der Waals surface area contributed by atoms with Crippen molar-refractivity contribution in [1.29, 1.82) is 0 Å². The van der Waals surface area contributed by atoms with Crippen LogP contribution < -0.4 is 21.2 Å². The molecular weight excluding hydrogens is 357 g/mol. The molecule has 0 bridgehead atoms. The third-order valence-corrected chi connectivity index (χ3v) is 10.0. The van der Waals surface area contributed by atoms with Gasteiger partial charge in [0, 0.05) is 0 Å². The number of benzene rings is 4. The fourth-order valence-corrected chi connectivity index (χ4v) is 8.44. The molecule has 4 rings (SSSR count). The van der Waals surface area contributed by atoms with Crippen LogP contribution in [0.4, 0.5) is 8.90 Å². The summed E-state index contributed by atoms with van der Waals surface area (Å²) in [6, 6.07) is 38.5. The zero-order valence-electron chi connectivity index (χ0n) is 14.8. The van der Waals surface area contributed by atoms with Gasteiger partial charge in [0.2, 0.25) is 0 Å². The third-order valence-electron chi connectivity index (χ3n) is 4.96. The van der Waals surface area contributed by atoms with Gasteiger partial charge >= 0.3 is 154 Å². The monoisotopic (exact) mass is 378 g/mol. The van der Waals surface area contributed by atoms with Crippen molar-refractivity contribution in [1.82, 2.24) is 0 Å². The van der Waals surface area contributed by atoms with Crippen LogP contribution in [0.25, 0.3) is 0 Å². The molecule has 0 amide bonds. The molecule has 3 heteroatoms. The van der Waals surface area contributed by atoms with Gasteiger partial charge in [-0.3, -0.25) is 4.70 Å². The van der Waals surface area contributed by atoms with Crippen molar-refractivity contribution in [3.8, 4) is 0 Å². The minimum absolute atomic E-state index is 0. The molecule has 0 saturated carbocycles. The second kappa shape index (κ2) is 7.42. The van der Waals surface area contributed by atoms with Crippen molar-refractivity contribution >= 4 is 28.1 Å². The molecule has 0 unspecified atom stereocenters. The molecule has 4 aromatic carbocycles. The van der Waals surface area contributed by atoms with Gasteiger partial charge in [0.1, 0.15) is 0 Å². The Morgan fingerprint density at radius 1 is 0.370 bits per heavy atom. The maximum absolute atomic E-state index is 18.2. The van der Waals surface area contributed by atoms with Crippen molar-refractivity contribution < 1.29 is 8.90 Å². The first-order valence-electron chi connectivity index (χ1n) is 8.71. The van der Waals surface area contributed by atoms with Gasteiger partial charge in [-0.25, -0.2) is 0 Å². The maximum atomic E-state index is 18.2. The summed E-state index contributed by atoms with van der Waals surface area (Å²) in [6.45, 7) is -4.32. The van der Waals surface area contributed by atoms with Gasteiger partial charge in [-0.1, -0.05) is 0 Å². The summed E-state index contributed by atoms with van der Waals surface area (Å²) in [5, 5.41) is 2.90. The molecule has 0 radical (unpaired) electrons. The van der Waals surface area contributed by atoms with E-state index in [2.05, 4.69) is 0 Å². The number of hydrogen-bond donors (Lipinski definition) is 0. The van der Waals surface area contributed by atoms with Crippen molar-refractivity contribution in [3.05, 3.63) is 121 Å². The predicted molar refractivity (Wildman–Crippen MR) is 115 cm³/mol. The Bertz CT molecular complexity index is 818. The van der Waals surface area contributed by atoms with Crippen LogP contribution in [-0.4, -0.2) is 0 Å². The molecule has 0 atom stereocenters. The Kier molecular flexibility index (Phi) is 5.21. The van der Waals surface area contributed by atoms with Gasteiger partial charge in [-0.15, -0.1) is 0 Å². The minimum atomic E-state index is -4.32. The van der Waals surface area contributed by atoms with Crippen molar-refractivity contribution in [3.63, 3.8) is 0 Å². The quantitative estimate of drug-likeness (QED) is 0.444. The molecule has 0 saturated heterocycles. The summed E-state index contributed by atoms with van der Waals surface area (Å²) < 4.78 is 18.2. The Morgan fingerprint density at radius 3 is 0.741 bits per heavy atom. The molecule has 0 heterocycles. The van der Waals surface area contributed by atoms with Crippen LogP contribution in [-0.2, 0) is 0 Å². The topological polar surface area (TPSA) is 0 Å². The van der Waals surface area contributed by atoms with Crippen LogP contribution >= 0.6 is 6.91 Å². The van der Waals surface area contributed by atoms with E-state index in [4.69, 9.17) is 0 Å². The number of halogens is 2. The molecule has 0 N–H and O–H groups in total. The molecule has 4 aromatic rings. The van der Waals surface area contributed by atoms with Crippen LogP contribution in [0.3, 0.4) is 0 Å². The summed E-state index contributed by atoms with van der Waals surface area (Å²) >= 11 is 0. The Labute approximate surface area is 158 Å². The van der Waals surface area contributed by atoms with E-state index in [0.717, 1.165) is 21.2 Å². The molecule has 0 aliphatic heterocycles. The molecule has 0 aliphatic carbocycles. The third kappa shape index (κ3) is 2.78. The van der Waals surface area contributed by atoms with Crippen LogP contribution in [0.2, 0.25) is 0 Å². The van der Waals surface area contributed by atoms with Crippen molar-refractivity contribution in [2.45, 2.75) is 0 Å². The Hall–Kier alpha value is -2.83. The molecule has 0 nitrogen and oxygen atoms in total. The van der Waals surface area contributed by atoms with E-state index in [1.165, 1.54) is 0 Å². The average molecular weight is 378 g/mol. The van der Waals surface area contributed by atoms with Crippen LogP contribution in [0, 0.1) is 0 Å². The molecule has 0 spiro atoms. The zero-order chi connectivity index (χ0) is 17.9. The van der Waals surface area contributed by atoms with E-state index in [1.807, 2.05) is 121 Å². The van der Waals surface area contributed by atoms with E-state index in [9.17, 15) is 0 Å². The molecule has 136 valence electrons. The predicted octanol–water partition coefficient (Wildman–Crippen LogP) is 4.88. The SMILES string of the molecule is F.FP(c1ccccc1)(c1ccccc1)(c1ccccc1)c1ccccc1. The van der Waals surface area contributed by atoms with Crippen molar-refractivity contribution in [2.24, 2.45) is 0 Å². The van der Waals surface area contributed by atoms with Gasteiger partial charge in [-0.05, 0) is 0 Å². The molecular formula is C24H21F2P. The van der Waals surface area contributed by atoms with E-state index in [0.29, 0.717) is 0 Å². The first-order chi connectivity index (χ1) is 12.7. The average Bonchev–Trinajstić information content (AvgIpc) is 2.76. The zero-order valence-corrected chi connectivity index (χ0v) is 15.7. The Balaban J connectivity index is 0.00000210. The molecule has 0 aliphatic rings. The van der Waals surface area contributed by atoms with Gasteiger partial charge < -0.3 is 0 Å². The van der Waals surface area contributed by atoms with Gasteiger partial charge in [0.25, 0.3) is 0 Å². The van der Waals surface area contributed by atoms with Crippen molar-refractivity contribution in [2.75, 3.05) is 0 Å². The summed E-state index contributed by atoms with van der Waals surface area (Å²) in [5.41, 5.74) is 0. The van der Waals surface area contributed by atoms with E-state index < -0.39 is 6.91 Å². The summed E-state index contributed by atoms with van der Waals surface area (Å²) in [6.07, 6.45) is 0. The summed E-state index contributed by atoms with van der Waals surface area (Å²) in [5.74, 6) is 0. The van der Waals surface area contributed by atoms with Crippen LogP contribution in [0.15, 0.2) is 121 Å². The van der Waals surface area contributed by atoms with Gasteiger partial charge in [-0.2, -0.15) is 0 Å². The number of rotatable bonds is 4. The standard InChI is InChI=1S/C24H20FP.FH/c25-26(21-13-5-1-6-14-21,22-15-7-2-8-16-22,23-17-9-3-10-18-23)24-19-11-4-12-20-24;/h1-20H;1H. The molecule has 0 aromatic heterocycles. The first-order valence-corrected chi connectivity index (χ1v) is 10.8. The van der Waals surface area contributed by atoms with E-state index in [1.54, 1.807) is 0 Å². The first kappa shape index (κ1) is 18.9. The molecule has 27 heavy (non-hydrogen) atoms. The van der Waals surface area contributed by atoms with Gasteiger partial charge in [0.15, 0.2) is 0 Å². The second-order valence-corrected chi connectivity index (χ2v) is 10.4. The molecule has 0 fully saturated rings. The van der Waals surface area contributed by atoms with Gasteiger partial charge in [0.05, 0.1) is 0 Å². The summed E-state index contributed by atoms with van der Waals surface area (Å²) in [4.78, 5) is 0. The second-order valence-electron chi connectivity index (χ2n) is 6.35. The fraction of sp³-hybridized carbons (Fsp3) is 0. The normalized spacial score (nSPS) is 12.4. The van der Waals surface area contributed by atoms with Crippen LogP contribution in [0.5, 0.6) is 0 Å². The Morgan fingerprint density at radius 2 is 0.556 bits per heavy atom. The van der Waals surface area contributed by atoms with Crippen LogP contribution in [0.1, 0.15) is 0 Å². The fourth-order valence-electron chi connectivity index (χ4n) is 3.73. The number of hydrogen-bond acceptors (Lipinski definition) is 0. The van der Waals surface area contributed by atoms with E-state index in [-0.39, 0.29) is 4.70 Å².